The van der Waals surface area contributed by atoms with E-state index >= 15 is 0 Å². The maximum atomic E-state index is 13.3. The summed E-state index contributed by atoms with van der Waals surface area (Å²) in [5.41, 5.74) is 0. The third-order valence-electron chi connectivity index (χ3n) is 7.77. The van der Waals surface area contributed by atoms with E-state index in [1.54, 1.807) is 22.5 Å². The van der Waals surface area contributed by atoms with E-state index in [1.807, 2.05) is 4.90 Å². The summed E-state index contributed by atoms with van der Waals surface area (Å²) in [7, 11) is -3.60. The number of ether oxygens (including phenoxy) is 2. The summed E-state index contributed by atoms with van der Waals surface area (Å²) in [6.07, 6.45) is 10.0. The van der Waals surface area contributed by atoms with Crippen molar-refractivity contribution in [3.63, 3.8) is 0 Å². The molecule has 34 heavy (non-hydrogen) atoms. The van der Waals surface area contributed by atoms with Crippen LogP contribution in [0.4, 0.5) is 0 Å². The van der Waals surface area contributed by atoms with Gasteiger partial charge in [-0.25, -0.2) is 8.42 Å². The molecular formula is C25H37N3O5S. The molecule has 1 amide bonds. The van der Waals surface area contributed by atoms with Gasteiger partial charge in [0.05, 0.1) is 4.90 Å². The average Bonchev–Trinajstić information content (AvgIpc) is 3.18. The number of carbonyl (C=O) groups excluding carboxylic acids is 1. The average molecular weight is 492 g/mol. The van der Waals surface area contributed by atoms with Gasteiger partial charge in [-0.15, -0.1) is 0 Å². The molecule has 1 aliphatic carbocycles. The Morgan fingerprint density at radius 1 is 0.824 bits per heavy atom. The second kappa shape index (κ2) is 10.4. The monoisotopic (exact) mass is 491 g/mol. The van der Waals surface area contributed by atoms with Crippen molar-refractivity contribution >= 4 is 15.9 Å². The molecule has 1 aromatic rings. The van der Waals surface area contributed by atoms with Crippen LogP contribution in [0, 0.1) is 0 Å². The number of likely N-dealkylation sites (tertiary alicyclic amines) is 1. The molecule has 3 aliphatic heterocycles. The van der Waals surface area contributed by atoms with Crippen molar-refractivity contribution in [1.29, 1.82) is 0 Å². The molecule has 0 aromatic heterocycles. The quantitative estimate of drug-likeness (QED) is 0.645. The Morgan fingerprint density at radius 2 is 1.50 bits per heavy atom. The van der Waals surface area contributed by atoms with Gasteiger partial charge in [0.25, 0.3) is 5.91 Å². The van der Waals surface area contributed by atoms with Crippen LogP contribution in [0.1, 0.15) is 57.8 Å². The first-order valence-electron chi connectivity index (χ1n) is 13.0. The number of carbonyl (C=O) groups is 1. The highest BCUT2D eigenvalue weighted by Gasteiger charge is 2.35. The van der Waals surface area contributed by atoms with Crippen LogP contribution in [0.5, 0.6) is 11.5 Å². The van der Waals surface area contributed by atoms with Crippen molar-refractivity contribution in [1.82, 2.24) is 14.1 Å². The maximum absolute atomic E-state index is 13.3. The van der Waals surface area contributed by atoms with E-state index in [0.29, 0.717) is 30.6 Å². The van der Waals surface area contributed by atoms with Gasteiger partial charge < -0.3 is 14.4 Å². The molecular weight excluding hydrogens is 454 g/mol. The lowest BCUT2D eigenvalue weighted by Crippen LogP contribution is -2.52. The summed E-state index contributed by atoms with van der Waals surface area (Å²) >= 11 is 0. The Morgan fingerprint density at radius 3 is 2.21 bits per heavy atom. The fourth-order valence-corrected chi connectivity index (χ4v) is 7.17. The molecule has 1 saturated carbocycles. The lowest BCUT2D eigenvalue weighted by atomic mass is 9.94. The molecule has 3 fully saturated rings. The maximum Gasteiger partial charge on any atom is 0.267 e. The van der Waals surface area contributed by atoms with Gasteiger partial charge in [-0.05, 0) is 37.8 Å². The van der Waals surface area contributed by atoms with Gasteiger partial charge in [0, 0.05) is 51.4 Å². The number of fused-ring (bicyclic) bond motifs is 1. The lowest BCUT2D eigenvalue weighted by molar-refractivity contribution is -0.141. The third kappa shape index (κ3) is 5.06. The van der Waals surface area contributed by atoms with E-state index in [1.165, 1.54) is 32.1 Å². The SMILES string of the molecule is O=C([C@@H]1COc2cc(S(=O)(=O)N3CCN(C4CCCCC4)CC3)ccc2O1)N1CCCCCC1. The van der Waals surface area contributed by atoms with Crippen molar-refractivity contribution in [3.8, 4) is 11.5 Å². The van der Waals surface area contributed by atoms with Gasteiger partial charge in [0.15, 0.2) is 11.5 Å². The van der Waals surface area contributed by atoms with Crippen LogP contribution in [0.25, 0.3) is 0 Å². The third-order valence-corrected chi connectivity index (χ3v) is 9.66. The smallest absolute Gasteiger partial charge is 0.267 e. The molecule has 0 radical (unpaired) electrons. The van der Waals surface area contributed by atoms with Crippen LogP contribution in [0.3, 0.4) is 0 Å². The zero-order valence-electron chi connectivity index (χ0n) is 20.0. The second-order valence-corrected chi connectivity index (χ2v) is 11.9. The van der Waals surface area contributed by atoms with Gasteiger partial charge in [0.1, 0.15) is 6.61 Å². The molecule has 1 aromatic carbocycles. The van der Waals surface area contributed by atoms with Crippen molar-refractivity contribution in [2.24, 2.45) is 0 Å². The topological polar surface area (TPSA) is 79.4 Å². The predicted octanol–water partition coefficient (Wildman–Crippen LogP) is 2.87. The molecule has 0 unspecified atom stereocenters. The summed E-state index contributed by atoms with van der Waals surface area (Å²) in [5.74, 6) is 0.780. The largest absolute Gasteiger partial charge is 0.485 e. The van der Waals surface area contributed by atoms with E-state index in [0.717, 1.165) is 51.9 Å². The molecule has 2 saturated heterocycles. The van der Waals surface area contributed by atoms with Crippen LogP contribution in [-0.4, -0.2) is 86.5 Å². The lowest BCUT2D eigenvalue weighted by Gasteiger charge is -2.40. The molecule has 0 bridgehead atoms. The van der Waals surface area contributed by atoms with Crippen LogP contribution >= 0.6 is 0 Å². The summed E-state index contributed by atoms with van der Waals surface area (Å²) in [5, 5.41) is 0. The van der Waals surface area contributed by atoms with Crippen molar-refractivity contribution < 1.29 is 22.7 Å². The standard InChI is InChI=1S/C25H37N3O5S/c29-25(27-12-6-1-2-7-13-27)24-19-32-23-18-21(10-11-22(23)33-24)34(30,31)28-16-14-26(15-17-28)20-8-4-3-5-9-20/h10-11,18,20,24H,1-9,12-17,19H2/t24-/m0/s1. The number of hydrogen-bond donors (Lipinski definition) is 0. The van der Waals surface area contributed by atoms with Crippen molar-refractivity contribution in [3.05, 3.63) is 18.2 Å². The van der Waals surface area contributed by atoms with E-state index in [4.69, 9.17) is 9.47 Å². The highest BCUT2D eigenvalue weighted by Crippen LogP contribution is 2.35. The molecule has 3 heterocycles. The highest BCUT2D eigenvalue weighted by molar-refractivity contribution is 7.89. The van der Waals surface area contributed by atoms with E-state index in [9.17, 15) is 13.2 Å². The van der Waals surface area contributed by atoms with E-state index in [-0.39, 0.29) is 17.4 Å². The fourth-order valence-electron chi connectivity index (χ4n) is 5.73. The Balaban J connectivity index is 1.22. The molecule has 188 valence electrons. The molecule has 0 N–H and O–H groups in total. The second-order valence-electron chi connectivity index (χ2n) is 10.00. The van der Waals surface area contributed by atoms with Crippen LogP contribution in [0.15, 0.2) is 23.1 Å². The van der Waals surface area contributed by atoms with Gasteiger partial charge in [-0.3, -0.25) is 9.69 Å². The first-order valence-corrected chi connectivity index (χ1v) is 14.4. The summed E-state index contributed by atoms with van der Waals surface area (Å²) < 4.78 is 40.0. The normalized spacial score (nSPS) is 25.6. The molecule has 1 atom stereocenters. The Kier molecular flexibility index (Phi) is 7.32. The zero-order chi connectivity index (χ0) is 23.5. The van der Waals surface area contributed by atoms with Gasteiger partial charge in [0.2, 0.25) is 16.1 Å². The van der Waals surface area contributed by atoms with Gasteiger partial charge in [-0.2, -0.15) is 4.31 Å². The summed E-state index contributed by atoms with van der Waals surface area (Å²) in [4.78, 5) is 17.5. The van der Waals surface area contributed by atoms with Crippen LogP contribution < -0.4 is 9.47 Å². The number of benzene rings is 1. The first kappa shape index (κ1) is 23.9. The highest BCUT2D eigenvalue weighted by atomic mass is 32.2. The van der Waals surface area contributed by atoms with E-state index in [2.05, 4.69) is 4.90 Å². The summed E-state index contributed by atoms with van der Waals surface area (Å²) in [6.45, 7) is 4.22. The minimum absolute atomic E-state index is 0.0416. The van der Waals surface area contributed by atoms with Crippen molar-refractivity contribution in [2.75, 3.05) is 45.9 Å². The minimum Gasteiger partial charge on any atom is -0.485 e. The Bertz CT molecular complexity index is 963. The van der Waals surface area contributed by atoms with Gasteiger partial charge in [-0.1, -0.05) is 32.1 Å². The molecule has 8 nitrogen and oxygen atoms in total. The number of hydrogen-bond acceptors (Lipinski definition) is 6. The number of piperazine rings is 1. The molecule has 0 spiro atoms. The Labute approximate surface area is 203 Å². The predicted molar refractivity (Wildman–Crippen MR) is 129 cm³/mol. The number of rotatable bonds is 4. The zero-order valence-corrected chi connectivity index (χ0v) is 20.8. The Hall–Kier alpha value is -1.84. The van der Waals surface area contributed by atoms with E-state index < -0.39 is 16.1 Å². The van der Waals surface area contributed by atoms with Crippen molar-refractivity contribution in [2.45, 2.75) is 74.8 Å². The number of sulfonamides is 1. The number of amides is 1. The van der Waals surface area contributed by atoms with Crippen LogP contribution in [0.2, 0.25) is 0 Å². The minimum atomic E-state index is -3.60. The number of nitrogens with zero attached hydrogens (tertiary/aromatic N) is 3. The molecule has 4 aliphatic rings. The molecule has 5 rings (SSSR count). The summed E-state index contributed by atoms with van der Waals surface area (Å²) in [6, 6.07) is 5.36. The van der Waals surface area contributed by atoms with Crippen LogP contribution in [-0.2, 0) is 14.8 Å². The fraction of sp³-hybridized carbons (Fsp3) is 0.720. The molecule has 9 heteroatoms. The first-order chi connectivity index (χ1) is 16.5. The van der Waals surface area contributed by atoms with Gasteiger partial charge >= 0.3 is 0 Å².